The molecule has 0 N–H and O–H groups in total. The van der Waals surface area contributed by atoms with Gasteiger partial charge in [0.25, 0.3) is 0 Å². The van der Waals surface area contributed by atoms with Crippen molar-refractivity contribution in [1.82, 2.24) is 4.90 Å². The summed E-state index contributed by atoms with van der Waals surface area (Å²) in [7, 11) is 1.03. The summed E-state index contributed by atoms with van der Waals surface area (Å²) in [6.45, 7) is 0.891. The van der Waals surface area contributed by atoms with Crippen LogP contribution in [0.25, 0.3) is 0 Å². The van der Waals surface area contributed by atoms with Gasteiger partial charge < -0.3 is 4.74 Å². The third-order valence-corrected chi connectivity index (χ3v) is 1.72. The Balaban J connectivity index is 2.45. The Labute approximate surface area is 58.8 Å². The van der Waals surface area contributed by atoms with Crippen molar-refractivity contribution >= 4 is 0 Å². The molecule has 1 fully saturated rings. The third-order valence-electron chi connectivity index (χ3n) is 1.72. The lowest BCUT2D eigenvalue weighted by atomic mass is 10.4. The highest BCUT2D eigenvalue weighted by molar-refractivity contribution is 4.68. The average Bonchev–Trinajstić information content (AvgIpc) is 2.38. The number of hydrogen-bond acceptors (Lipinski definition) is 2. The van der Waals surface area contributed by atoms with Crippen LogP contribution in [0.15, 0.2) is 0 Å². The van der Waals surface area contributed by atoms with Crippen LogP contribution < -0.4 is 0 Å². The number of nitrogens with zero attached hydrogens (tertiary/aromatic N) is 1. The minimum Gasteiger partial charge on any atom is -0.310 e. The molecule has 0 amide bonds. The van der Waals surface area contributed by atoms with Gasteiger partial charge in [0.2, 0.25) is 0 Å². The molecule has 1 rings (SSSR count). The van der Waals surface area contributed by atoms with E-state index >= 15 is 0 Å². The van der Waals surface area contributed by atoms with Gasteiger partial charge in [0.05, 0.1) is 0 Å². The van der Waals surface area contributed by atoms with Crippen molar-refractivity contribution in [3.63, 3.8) is 0 Å². The number of hydrogen-bond donors (Lipinski definition) is 0. The number of rotatable bonds is 2. The Morgan fingerprint density at radius 1 is 1.30 bits per heavy atom. The molecule has 2 nitrogen and oxygen atoms in total. The van der Waals surface area contributed by atoms with E-state index in [1.165, 1.54) is 0 Å². The topological polar surface area (TPSA) is 12.5 Å². The van der Waals surface area contributed by atoms with E-state index in [4.69, 9.17) is 0 Å². The molecule has 0 bridgehead atoms. The lowest BCUT2D eigenvalue weighted by molar-refractivity contribution is -0.309. The summed E-state index contributed by atoms with van der Waals surface area (Å²) in [4.78, 5) is 1.05. The molecule has 0 aromatic rings. The van der Waals surface area contributed by atoms with E-state index in [0.29, 0.717) is 13.1 Å². The van der Waals surface area contributed by atoms with Crippen LogP contribution in [-0.2, 0) is 4.74 Å². The Hall–Kier alpha value is -0.220. The van der Waals surface area contributed by atoms with E-state index < -0.39 is 6.23 Å². The van der Waals surface area contributed by atoms with Crippen molar-refractivity contribution in [3.05, 3.63) is 0 Å². The second-order valence-electron chi connectivity index (χ2n) is 2.38. The average molecular weight is 151 g/mol. The molecule has 0 radical (unpaired) electrons. The van der Waals surface area contributed by atoms with Gasteiger partial charge in [0.1, 0.15) is 0 Å². The number of methoxy groups -OCH3 is 1. The highest BCUT2D eigenvalue weighted by atomic mass is 19.3. The largest absolute Gasteiger partial charge is 0.424 e. The molecule has 0 spiro atoms. The SMILES string of the molecule is COC(F)(F)N1CCCC1. The molecule has 10 heavy (non-hydrogen) atoms. The normalized spacial score (nSPS) is 21.9. The first kappa shape index (κ1) is 7.88. The number of likely N-dealkylation sites (tertiary alicyclic amines) is 1. The van der Waals surface area contributed by atoms with E-state index in [1.54, 1.807) is 0 Å². The fourth-order valence-corrected chi connectivity index (χ4v) is 1.11. The van der Waals surface area contributed by atoms with Gasteiger partial charge in [-0.05, 0) is 12.8 Å². The molecule has 0 saturated carbocycles. The van der Waals surface area contributed by atoms with Crippen LogP contribution in [0.2, 0.25) is 0 Å². The fourth-order valence-electron chi connectivity index (χ4n) is 1.11. The zero-order chi connectivity index (χ0) is 7.61. The standard InChI is InChI=1S/C6H11F2NO/c1-10-6(7,8)9-4-2-3-5-9/h2-5H2,1H3. The maximum atomic E-state index is 12.6. The summed E-state index contributed by atoms with van der Waals surface area (Å²) in [5.41, 5.74) is 0. The van der Waals surface area contributed by atoms with Crippen molar-refractivity contribution in [3.8, 4) is 0 Å². The first-order valence-electron chi connectivity index (χ1n) is 3.35. The van der Waals surface area contributed by atoms with Crippen molar-refractivity contribution in [2.45, 2.75) is 19.1 Å². The van der Waals surface area contributed by atoms with Crippen LogP contribution in [0.5, 0.6) is 0 Å². The van der Waals surface area contributed by atoms with Crippen LogP contribution >= 0.6 is 0 Å². The van der Waals surface area contributed by atoms with Crippen LogP contribution in [-0.4, -0.2) is 31.3 Å². The summed E-state index contributed by atoms with van der Waals surface area (Å²) in [5, 5.41) is 0. The van der Waals surface area contributed by atoms with Crippen molar-refractivity contribution in [2.75, 3.05) is 20.2 Å². The first-order chi connectivity index (χ1) is 4.67. The quantitative estimate of drug-likeness (QED) is 0.551. The molecule has 4 heteroatoms. The summed E-state index contributed by atoms with van der Waals surface area (Å²) in [6.07, 6.45) is -1.35. The molecule has 1 aliphatic rings. The second kappa shape index (κ2) is 2.80. The fraction of sp³-hybridized carbons (Fsp3) is 1.00. The van der Waals surface area contributed by atoms with E-state index in [-0.39, 0.29) is 0 Å². The number of ether oxygens (including phenoxy) is 1. The predicted octanol–water partition coefficient (Wildman–Crippen LogP) is 1.28. The van der Waals surface area contributed by atoms with Crippen LogP contribution in [0.4, 0.5) is 8.78 Å². The summed E-state index contributed by atoms with van der Waals surface area (Å²) in [6, 6.07) is 0. The smallest absolute Gasteiger partial charge is 0.310 e. The number of alkyl halides is 2. The molecule has 0 aliphatic carbocycles. The molecular weight excluding hydrogens is 140 g/mol. The minimum atomic E-state index is -3.05. The zero-order valence-corrected chi connectivity index (χ0v) is 5.94. The zero-order valence-electron chi connectivity index (χ0n) is 5.94. The highest BCUT2D eigenvalue weighted by Crippen LogP contribution is 2.24. The van der Waals surface area contributed by atoms with Crippen LogP contribution in [0.1, 0.15) is 12.8 Å². The van der Waals surface area contributed by atoms with Gasteiger partial charge in [-0.2, -0.15) is 8.78 Å². The maximum absolute atomic E-state index is 12.6. The molecule has 0 aromatic carbocycles. The van der Waals surface area contributed by atoms with Gasteiger partial charge in [-0.15, -0.1) is 0 Å². The summed E-state index contributed by atoms with van der Waals surface area (Å²) in [5.74, 6) is 0. The molecule has 0 aromatic heterocycles. The number of halogens is 2. The third kappa shape index (κ3) is 1.44. The van der Waals surface area contributed by atoms with Gasteiger partial charge in [-0.1, -0.05) is 0 Å². The minimum absolute atomic E-state index is 0.445. The first-order valence-corrected chi connectivity index (χ1v) is 3.35. The highest BCUT2D eigenvalue weighted by Gasteiger charge is 2.38. The van der Waals surface area contributed by atoms with Gasteiger partial charge in [0, 0.05) is 20.2 Å². The summed E-state index contributed by atoms with van der Waals surface area (Å²) >= 11 is 0. The van der Waals surface area contributed by atoms with Gasteiger partial charge in [-0.3, -0.25) is 0 Å². The van der Waals surface area contributed by atoms with E-state index in [0.717, 1.165) is 24.9 Å². The van der Waals surface area contributed by atoms with Gasteiger partial charge in [0.15, 0.2) is 0 Å². The lowest BCUT2D eigenvalue weighted by Gasteiger charge is -2.23. The second-order valence-corrected chi connectivity index (χ2v) is 2.38. The Morgan fingerprint density at radius 2 is 1.80 bits per heavy atom. The molecule has 60 valence electrons. The monoisotopic (exact) mass is 151 g/mol. The van der Waals surface area contributed by atoms with Gasteiger partial charge in [-0.25, -0.2) is 4.90 Å². The molecule has 1 saturated heterocycles. The van der Waals surface area contributed by atoms with Gasteiger partial charge >= 0.3 is 6.23 Å². The predicted molar refractivity (Wildman–Crippen MR) is 32.8 cm³/mol. The van der Waals surface area contributed by atoms with Crippen molar-refractivity contribution in [1.29, 1.82) is 0 Å². The maximum Gasteiger partial charge on any atom is 0.424 e. The van der Waals surface area contributed by atoms with Crippen molar-refractivity contribution < 1.29 is 13.5 Å². The molecular formula is C6H11F2NO. The molecule has 0 unspecified atom stereocenters. The van der Waals surface area contributed by atoms with Crippen molar-refractivity contribution in [2.24, 2.45) is 0 Å². The summed E-state index contributed by atoms with van der Waals surface area (Å²) < 4.78 is 29.1. The molecule has 1 aliphatic heterocycles. The van der Waals surface area contributed by atoms with Crippen LogP contribution in [0, 0.1) is 0 Å². The van der Waals surface area contributed by atoms with E-state index in [2.05, 4.69) is 4.74 Å². The van der Waals surface area contributed by atoms with Crippen LogP contribution in [0.3, 0.4) is 0 Å². The lowest BCUT2D eigenvalue weighted by Crippen LogP contribution is -2.40. The Morgan fingerprint density at radius 3 is 2.20 bits per heavy atom. The van der Waals surface area contributed by atoms with E-state index in [9.17, 15) is 8.78 Å². The molecule has 0 atom stereocenters. The Bertz CT molecular complexity index is 112. The molecule has 1 heterocycles. The Kier molecular flexibility index (Phi) is 2.21. The van der Waals surface area contributed by atoms with E-state index in [1.807, 2.05) is 0 Å².